The van der Waals surface area contributed by atoms with Gasteiger partial charge in [0.15, 0.2) is 0 Å². The van der Waals surface area contributed by atoms with Gasteiger partial charge in [0, 0.05) is 29.6 Å². The lowest BCUT2D eigenvalue weighted by atomic mass is 9.86. The third-order valence-corrected chi connectivity index (χ3v) is 4.08. The van der Waals surface area contributed by atoms with E-state index in [1.165, 1.54) is 12.1 Å². The van der Waals surface area contributed by atoms with E-state index in [0.717, 1.165) is 29.8 Å². The molecule has 27 heavy (non-hydrogen) atoms. The minimum atomic E-state index is -4.96. The van der Waals surface area contributed by atoms with Gasteiger partial charge in [0.25, 0.3) is 0 Å². The molecule has 5 heteroatoms. The Balaban J connectivity index is 2.11. The summed E-state index contributed by atoms with van der Waals surface area (Å²) in [6, 6.07) is 9.84. The molecule has 0 saturated carbocycles. The van der Waals surface area contributed by atoms with Crippen molar-refractivity contribution in [2.45, 2.75) is 51.2 Å². The molecule has 1 heterocycles. The first-order valence-electron chi connectivity index (χ1n) is 12.4. The van der Waals surface area contributed by atoms with Crippen LogP contribution in [-0.2, 0) is 5.41 Å². The summed E-state index contributed by atoms with van der Waals surface area (Å²) in [5, 5.41) is 0. The van der Waals surface area contributed by atoms with E-state index in [2.05, 4.69) is 4.74 Å². The van der Waals surface area contributed by atoms with Crippen LogP contribution in [0.15, 0.2) is 48.5 Å². The highest BCUT2D eigenvalue weighted by Gasteiger charge is 2.31. The maximum absolute atomic E-state index is 12.5. The van der Waals surface area contributed by atoms with E-state index in [-0.39, 0.29) is 16.7 Å². The van der Waals surface area contributed by atoms with Gasteiger partial charge in [-0.1, -0.05) is 45.0 Å². The van der Waals surface area contributed by atoms with Gasteiger partial charge in [-0.25, -0.2) is 0 Å². The van der Waals surface area contributed by atoms with Gasteiger partial charge in [0.1, 0.15) is 5.75 Å². The first kappa shape index (κ1) is 11.6. The van der Waals surface area contributed by atoms with E-state index in [1.807, 2.05) is 20.8 Å². The van der Waals surface area contributed by atoms with Crippen LogP contribution in [0.3, 0.4) is 0 Å². The molecule has 3 rings (SSSR count). The zero-order valence-electron chi connectivity index (χ0n) is 23.2. The molecule has 1 fully saturated rings. The van der Waals surface area contributed by atoms with Gasteiger partial charge in [-0.2, -0.15) is 0 Å². The van der Waals surface area contributed by atoms with E-state index < -0.39 is 43.8 Å². The van der Waals surface area contributed by atoms with Gasteiger partial charge in [0.2, 0.25) is 0 Å². The number of piperidine rings is 1. The first-order chi connectivity index (χ1) is 15.6. The molecule has 146 valence electrons. The minimum Gasteiger partial charge on any atom is -0.406 e. The second-order valence-corrected chi connectivity index (χ2v) is 7.19. The fraction of sp³-hybridized carbons (Fsp3) is 0.455. The molecule has 0 N–H and O–H groups in total. The Morgan fingerprint density at radius 1 is 0.926 bits per heavy atom. The van der Waals surface area contributed by atoms with Gasteiger partial charge in [-0.15, -0.1) is 13.2 Å². The third kappa shape index (κ3) is 5.18. The van der Waals surface area contributed by atoms with Crippen molar-refractivity contribution in [3.05, 3.63) is 59.7 Å². The lowest BCUT2D eigenvalue weighted by Crippen LogP contribution is -2.32. The molecule has 0 amide bonds. The molecule has 1 aliphatic rings. The second-order valence-electron chi connectivity index (χ2n) is 7.19. The number of hydrogen-bond donors (Lipinski definition) is 0. The maximum Gasteiger partial charge on any atom is 0.573 e. The molecule has 0 bridgehead atoms. The van der Waals surface area contributed by atoms with E-state index in [1.54, 1.807) is 12.1 Å². The van der Waals surface area contributed by atoms with Gasteiger partial charge < -0.3 is 9.64 Å². The van der Waals surface area contributed by atoms with Gasteiger partial charge >= 0.3 is 6.36 Å². The molecule has 0 spiro atoms. The standard InChI is InChI=1S/C22H26F3NO/c1-21(2,3)18-6-8-19(9-7-18)26-14-12-17(13-15-26)16-4-10-20(11-5-16)27-22(23,24)25/h4-11,17H,12-15H2,1-3H3/i12D2,13D2,14D2,15D2. The van der Waals surface area contributed by atoms with Crippen LogP contribution in [0.25, 0.3) is 0 Å². The zero-order chi connectivity index (χ0) is 26.8. The highest BCUT2D eigenvalue weighted by molar-refractivity contribution is 5.49. The molecule has 2 aromatic rings. The lowest BCUT2D eigenvalue weighted by molar-refractivity contribution is -0.274. The topological polar surface area (TPSA) is 12.5 Å². The van der Waals surface area contributed by atoms with Gasteiger partial charge in [-0.05, 0) is 59.5 Å². The summed E-state index contributed by atoms with van der Waals surface area (Å²) in [6.07, 6.45) is -11.0. The number of halogens is 3. The molecule has 0 aliphatic carbocycles. The Bertz CT molecular complexity index is 1040. The second kappa shape index (κ2) is 7.45. The first-order valence-corrected chi connectivity index (χ1v) is 8.40. The molecule has 0 radical (unpaired) electrons. The smallest absolute Gasteiger partial charge is 0.406 e. The summed E-state index contributed by atoms with van der Waals surface area (Å²) >= 11 is 0. The number of anilines is 1. The summed E-state index contributed by atoms with van der Waals surface area (Å²) in [4.78, 5) is 0.476. The van der Waals surface area contributed by atoms with Crippen LogP contribution in [0.4, 0.5) is 18.9 Å². The molecule has 1 aliphatic heterocycles. The highest BCUT2D eigenvalue weighted by Crippen LogP contribution is 2.33. The SMILES string of the molecule is [2H]C1([2H])C(c2ccc(OC(F)(F)F)cc2)C([2H])([2H])C([2H])([2H])N(c2ccc(C(C)(C)C)cc2)C1([2H])[2H]. The number of hydrogen-bond acceptors (Lipinski definition) is 2. The molecule has 0 unspecified atom stereocenters. The maximum atomic E-state index is 12.5. The Labute approximate surface area is 170 Å². The van der Waals surface area contributed by atoms with Crippen LogP contribution in [0.5, 0.6) is 5.75 Å². The quantitative estimate of drug-likeness (QED) is 0.618. The van der Waals surface area contributed by atoms with E-state index in [4.69, 9.17) is 11.0 Å². The molecule has 1 saturated heterocycles. The zero-order valence-corrected chi connectivity index (χ0v) is 15.2. The Morgan fingerprint density at radius 3 is 1.96 bits per heavy atom. The van der Waals surface area contributed by atoms with Crippen molar-refractivity contribution in [3.63, 3.8) is 0 Å². The predicted molar refractivity (Wildman–Crippen MR) is 102 cm³/mol. The van der Waals surface area contributed by atoms with Crippen LogP contribution < -0.4 is 9.64 Å². The fourth-order valence-corrected chi connectivity index (χ4v) is 2.59. The minimum absolute atomic E-state index is 0.0480. The summed E-state index contributed by atoms with van der Waals surface area (Å²) in [7, 11) is 0. The fourth-order valence-electron chi connectivity index (χ4n) is 2.59. The number of benzene rings is 2. The number of alkyl halides is 3. The van der Waals surface area contributed by atoms with Crippen LogP contribution in [0.2, 0.25) is 0 Å². The summed E-state index contributed by atoms with van der Waals surface area (Å²) < 4.78 is 110. The molecular formula is C22H26F3NO. The number of ether oxygens (including phenoxy) is 1. The van der Waals surface area contributed by atoms with Crippen molar-refractivity contribution in [3.8, 4) is 5.75 Å². The van der Waals surface area contributed by atoms with Crippen molar-refractivity contribution in [1.29, 1.82) is 0 Å². The Morgan fingerprint density at radius 2 is 1.48 bits per heavy atom. The number of nitrogens with zero attached hydrogens (tertiary/aromatic N) is 1. The average molecular weight is 385 g/mol. The van der Waals surface area contributed by atoms with Gasteiger partial charge in [-0.3, -0.25) is 0 Å². The van der Waals surface area contributed by atoms with Crippen molar-refractivity contribution in [2.75, 3.05) is 17.9 Å². The van der Waals surface area contributed by atoms with E-state index >= 15 is 0 Å². The van der Waals surface area contributed by atoms with Crippen molar-refractivity contribution in [2.24, 2.45) is 0 Å². The highest BCUT2D eigenvalue weighted by atomic mass is 19.4. The van der Waals surface area contributed by atoms with Crippen LogP contribution in [-0.4, -0.2) is 19.4 Å². The number of rotatable bonds is 3. The van der Waals surface area contributed by atoms with Gasteiger partial charge in [0.05, 0.1) is 0 Å². The largest absolute Gasteiger partial charge is 0.573 e. The molecule has 0 atom stereocenters. The monoisotopic (exact) mass is 385 g/mol. The van der Waals surface area contributed by atoms with Crippen molar-refractivity contribution >= 4 is 5.69 Å². The molecule has 0 aromatic heterocycles. The predicted octanol–water partition coefficient (Wildman–Crippen LogP) is 6.27. The van der Waals surface area contributed by atoms with Crippen LogP contribution in [0.1, 0.15) is 61.5 Å². The molecule has 2 nitrogen and oxygen atoms in total. The molecular weight excluding hydrogens is 351 g/mol. The summed E-state index contributed by atoms with van der Waals surface area (Å²) in [6.45, 7) is -0.231. The molecule has 2 aromatic carbocycles. The third-order valence-electron chi connectivity index (χ3n) is 4.08. The van der Waals surface area contributed by atoms with Crippen LogP contribution in [0, 0.1) is 0 Å². The Hall–Kier alpha value is -2.17. The van der Waals surface area contributed by atoms with E-state index in [0.29, 0.717) is 4.90 Å². The van der Waals surface area contributed by atoms with Crippen LogP contribution >= 0.6 is 0 Å². The lowest BCUT2D eigenvalue weighted by Gasteiger charge is -2.34. The summed E-state index contributed by atoms with van der Waals surface area (Å²) in [5.41, 5.74) is 0.358. The van der Waals surface area contributed by atoms with Crippen molar-refractivity contribution in [1.82, 2.24) is 0 Å². The average Bonchev–Trinajstić information content (AvgIpc) is 2.66. The van der Waals surface area contributed by atoms with Crippen molar-refractivity contribution < 1.29 is 28.9 Å². The summed E-state index contributed by atoms with van der Waals surface area (Å²) in [5.74, 6) is -2.62. The van der Waals surface area contributed by atoms with E-state index in [9.17, 15) is 13.2 Å². The Kier molecular flexibility index (Phi) is 3.21. The normalized spacial score (nSPS) is 28.3.